The fraction of sp³-hybridized carbons (Fsp3) is 0.533. The monoisotopic (exact) mass is 313 g/mol. The van der Waals surface area contributed by atoms with Gasteiger partial charge in [0.1, 0.15) is 15.9 Å². The van der Waals surface area contributed by atoms with E-state index >= 15 is 0 Å². The molecule has 118 valence electrons. The van der Waals surface area contributed by atoms with Gasteiger partial charge in [-0.15, -0.1) is 0 Å². The number of para-hydroxylation sites is 1. The van der Waals surface area contributed by atoms with E-state index < -0.39 is 26.4 Å². The second kappa shape index (κ2) is 6.58. The zero-order valence-electron chi connectivity index (χ0n) is 12.8. The van der Waals surface area contributed by atoms with Crippen LogP contribution in [0.5, 0.6) is 5.75 Å². The Labute approximate surface area is 126 Å². The lowest BCUT2D eigenvalue weighted by Crippen LogP contribution is -2.35. The standard InChI is InChI=1S/C15H22O5S/c1-5-8-11(2)15(3,4)14(16)20-12-9-6-7-10-13(12)21(17,18)19/h6-7,9-11H,5,8H2,1-4H3,(H,17,18,19)/p-1. The summed E-state index contributed by atoms with van der Waals surface area (Å²) in [6.07, 6.45) is 1.78. The van der Waals surface area contributed by atoms with Crippen LogP contribution in [0.3, 0.4) is 0 Å². The summed E-state index contributed by atoms with van der Waals surface area (Å²) in [5.74, 6) is -0.681. The lowest BCUT2D eigenvalue weighted by Gasteiger charge is -2.29. The van der Waals surface area contributed by atoms with Gasteiger partial charge in [-0.25, -0.2) is 8.42 Å². The molecule has 1 unspecified atom stereocenters. The van der Waals surface area contributed by atoms with Crippen molar-refractivity contribution in [1.29, 1.82) is 0 Å². The first-order valence-corrected chi connectivity index (χ1v) is 8.28. The summed E-state index contributed by atoms with van der Waals surface area (Å²) in [5.41, 5.74) is -0.768. The van der Waals surface area contributed by atoms with Gasteiger partial charge in [-0.2, -0.15) is 0 Å². The Bertz CT molecular complexity index is 604. The van der Waals surface area contributed by atoms with Crippen molar-refractivity contribution in [3.8, 4) is 5.75 Å². The Morgan fingerprint density at radius 1 is 1.33 bits per heavy atom. The van der Waals surface area contributed by atoms with E-state index in [1.165, 1.54) is 18.2 Å². The second-order valence-corrected chi connectivity index (χ2v) is 7.05. The minimum atomic E-state index is -4.68. The van der Waals surface area contributed by atoms with Crippen LogP contribution in [0.2, 0.25) is 0 Å². The quantitative estimate of drug-likeness (QED) is 0.458. The number of hydrogen-bond donors (Lipinski definition) is 0. The first kappa shape index (κ1) is 17.7. The van der Waals surface area contributed by atoms with Gasteiger partial charge >= 0.3 is 5.97 Å². The SMILES string of the molecule is CCCC(C)C(C)(C)C(=O)Oc1ccccc1S(=O)(=O)[O-]. The topological polar surface area (TPSA) is 83.5 Å². The van der Waals surface area contributed by atoms with Gasteiger partial charge in [-0.1, -0.05) is 32.4 Å². The van der Waals surface area contributed by atoms with Crippen LogP contribution >= 0.6 is 0 Å². The van der Waals surface area contributed by atoms with E-state index in [0.29, 0.717) is 0 Å². The minimum absolute atomic E-state index is 0.0750. The first-order chi connectivity index (χ1) is 9.60. The molecule has 1 aromatic rings. The Hall–Kier alpha value is -1.40. The molecule has 0 amide bonds. The molecule has 1 aromatic carbocycles. The first-order valence-electron chi connectivity index (χ1n) is 6.88. The molecule has 0 aliphatic heterocycles. The van der Waals surface area contributed by atoms with Crippen molar-refractivity contribution in [2.24, 2.45) is 11.3 Å². The normalized spacial score (nSPS) is 13.8. The van der Waals surface area contributed by atoms with E-state index in [2.05, 4.69) is 0 Å². The maximum Gasteiger partial charge on any atom is 0.317 e. The fourth-order valence-corrected chi connectivity index (χ4v) is 2.57. The van der Waals surface area contributed by atoms with Crippen molar-refractivity contribution in [3.63, 3.8) is 0 Å². The Morgan fingerprint density at radius 3 is 2.43 bits per heavy atom. The summed E-state index contributed by atoms with van der Waals surface area (Å²) in [6.45, 7) is 7.48. The predicted molar refractivity (Wildman–Crippen MR) is 77.9 cm³/mol. The van der Waals surface area contributed by atoms with Crippen LogP contribution in [-0.2, 0) is 14.9 Å². The van der Waals surface area contributed by atoms with Crippen LogP contribution in [0.25, 0.3) is 0 Å². The molecule has 1 rings (SSSR count). The van der Waals surface area contributed by atoms with Crippen molar-refractivity contribution in [3.05, 3.63) is 24.3 Å². The number of esters is 1. The average Bonchev–Trinajstić information content (AvgIpc) is 2.38. The fourth-order valence-electron chi connectivity index (χ4n) is 1.97. The van der Waals surface area contributed by atoms with Gasteiger partial charge in [-0.05, 0) is 38.3 Å². The maximum atomic E-state index is 12.3. The third-order valence-corrected chi connectivity index (χ3v) is 4.68. The van der Waals surface area contributed by atoms with Gasteiger partial charge in [0.15, 0.2) is 0 Å². The molecule has 0 bridgehead atoms. The van der Waals surface area contributed by atoms with Crippen molar-refractivity contribution in [1.82, 2.24) is 0 Å². The average molecular weight is 313 g/mol. The van der Waals surface area contributed by atoms with Gasteiger partial charge in [-0.3, -0.25) is 4.79 Å². The van der Waals surface area contributed by atoms with Gasteiger partial charge in [0.05, 0.1) is 10.3 Å². The predicted octanol–water partition coefficient (Wildman–Crippen LogP) is 2.96. The Balaban J connectivity index is 3.05. The molecule has 0 spiro atoms. The summed E-state index contributed by atoms with van der Waals surface area (Å²) >= 11 is 0. The van der Waals surface area contributed by atoms with Crippen LogP contribution in [0, 0.1) is 11.3 Å². The van der Waals surface area contributed by atoms with E-state index in [1.807, 2.05) is 13.8 Å². The molecule has 0 heterocycles. The highest BCUT2D eigenvalue weighted by atomic mass is 32.2. The van der Waals surface area contributed by atoms with Crippen molar-refractivity contribution < 1.29 is 22.5 Å². The van der Waals surface area contributed by atoms with Gasteiger partial charge in [0, 0.05) is 0 Å². The van der Waals surface area contributed by atoms with E-state index in [-0.39, 0.29) is 11.7 Å². The van der Waals surface area contributed by atoms with E-state index in [9.17, 15) is 17.8 Å². The van der Waals surface area contributed by atoms with Crippen LogP contribution in [0.4, 0.5) is 0 Å². The molecule has 0 saturated carbocycles. The number of benzene rings is 1. The Kier molecular flexibility index (Phi) is 5.53. The van der Waals surface area contributed by atoms with Gasteiger partial charge < -0.3 is 9.29 Å². The van der Waals surface area contributed by atoms with E-state index in [1.54, 1.807) is 13.8 Å². The molecule has 0 radical (unpaired) electrons. The lowest BCUT2D eigenvalue weighted by atomic mass is 9.78. The summed E-state index contributed by atoms with van der Waals surface area (Å²) in [6, 6.07) is 5.36. The molecule has 0 fully saturated rings. The zero-order chi connectivity index (χ0) is 16.3. The highest BCUT2D eigenvalue weighted by molar-refractivity contribution is 7.85. The third kappa shape index (κ3) is 4.28. The Morgan fingerprint density at radius 2 is 1.90 bits per heavy atom. The molecule has 0 aliphatic rings. The van der Waals surface area contributed by atoms with Crippen molar-refractivity contribution in [2.45, 2.75) is 45.4 Å². The molecule has 1 atom stereocenters. The highest BCUT2D eigenvalue weighted by Crippen LogP contribution is 2.33. The molecule has 5 nitrogen and oxygen atoms in total. The second-order valence-electron chi connectivity index (χ2n) is 5.70. The largest absolute Gasteiger partial charge is 0.744 e. The number of rotatable bonds is 6. The molecule has 0 aliphatic carbocycles. The number of carbonyl (C=O) groups is 1. The number of carbonyl (C=O) groups excluding carboxylic acids is 1. The summed E-state index contributed by atoms with van der Waals surface area (Å²) in [4.78, 5) is 11.8. The van der Waals surface area contributed by atoms with Crippen molar-refractivity contribution in [2.75, 3.05) is 0 Å². The number of ether oxygens (including phenoxy) is 1. The lowest BCUT2D eigenvalue weighted by molar-refractivity contribution is -0.147. The van der Waals surface area contributed by atoms with Crippen LogP contribution in [0.1, 0.15) is 40.5 Å². The summed E-state index contributed by atoms with van der Waals surface area (Å²) < 4.78 is 38.7. The van der Waals surface area contributed by atoms with E-state index in [0.717, 1.165) is 18.9 Å². The van der Waals surface area contributed by atoms with Crippen LogP contribution in [-0.4, -0.2) is 18.9 Å². The van der Waals surface area contributed by atoms with Gasteiger partial charge in [0.2, 0.25) is 0 Å². The highest BCUT2D eigenvalue weighted by Gasteiger charge is 2.35. The van der Waals surface area contributed by atoms with Crippen LogP contribution in [0.15, 0.2) is 29.2 Å². The summed E-state index contributed by atoms with van der Waals surface area (Å²) in [5, 5.41) is 0. The van der Waals surface area contributed by atoms with Crippen LogP contribution < -0.4 is 4.74 Å². The van der Waals surface area contributed by atoms with Gasteiger partial charge in [0.25, 0.3) is 0 Å². The smallest absolute Gasteiger partial charge is 0.317 e. The molecule has 0 N–H and O–H groups in total. The molecule has 6 heteroatoms. The van der Waals surface area contributed by atoms with Crippen molar-refractivity contribution >= 4 is 16.1 Å². The molecule has 0 saturated heterocycles. The maximum absolute atomic E-state index is 12.3. The number of hydrogen-bond acceptors (Lipinski definition) is 5. The minimum Gasteiger partial charge on any atom is -0.744 e. The van der Waals surface area contributed by atoms with E-state index in [4.69, 9.17) is 4.74 Å². The zero-order valence-corrected chi connectivity index (χ0v) is 13.6. The molecular weight excluding hydrogens is 292 g/mol. The third-order valence-electron chi connectivity index (χ3n) is 3.80. The molecule has 0 aromatic heterocycles. The summed E-state index contributed by atoms with van der Waals surface area (Å²) in [7, 11) is -4.68. The molecular formula is C15H21O5S-. The molecule has 21 heavy (non-hydrogen) atoms.